The molecular weight excluding hydrogens is 453 g/mol. The zero-order valence-electron chi connectivity index (χ0n) is 12.8. The molecule has 0 atom stereocenters. The maximum absolute atomic E-state index is 14.4. The Labute approximate surface area is 151 Å². The molecule has 26 heavy (non-hydrogen) atoms. The van der Waals surface area contributed by atoms with Crippen molar-refractivity contribution in [3.63, 3.8) is 0 Å². The van der Waals surface area contributed by atoms with Gasteiger partial charge in [-0.15, -0.1) is 0 Å². The fourth-order valence-electron chi connectivity index (χ4n) is 2.57. The molecule has 0 saturated heterocycles. The van der Waals surface area contributed by atoms with E-state index in [4.69, 9.17) is 0 Å². The number of aromatic nitrogens is 1. The number of benzene rings is 1. The predicted molar refractivity (Wildman–Crippen MR) is 84.4 cm³/mol. The molecule has 12 heteroatoms. The van der Waals surface area contributed by atoms with Crippen molar-refractivity contribution < 1.29 is 34.6 Å². The van der Waals surface area contributed by atoms with Crippen molar-refractivity contribution in [1.82, 2.24) is 4.57 Å². The molecule has 3 rings (SSSR count). The van der Waals surface area contributed by atoms with Crippen molar-refractivity contribution >= 4 is 37.0 Å². The van der Waals surface area contributed by atoms with Crippen molar-refractivity contribution in [2.24, 2.45) is 0 Å². The molecule has 0 unspecified atom stereocenters. The maximum atomic E-state index is 14.4. The fraction of sp³-hybridized carbons (Fsp3) is 0.357. The number of hydrogen-bond donors (Lipinski definition) is 0. The van der Waals surface area contributed by atoms with E-state index in [0.717, 1.165) is 4.57 Å². The van der Waals surface area contributed by atoms with Crippen LogP contribution in [0.15, 0.2) is 15.3 Å². The summed E-state index contributed by atoms with van der Waals surface area (Å²) in [4.78, 5) is 12.3. The normalized spacial score (nSPS) is 15.5. The van der Waals surface area contributed by atoms with Crippen LogP contribution in [0.3, 0.4) is 0 Å². The van der Waals surface area contributed by atoms with Gasteiger partial charge < -0.3 is 8.75 Å². The molecule has 1 heterocycles. The third kappa shape index (κ3) is 2.88. The SMILES string of the molecule is Cc1c(Br)c(F)cc2c(OS(=O)(=O)C(F)(F)F)c(F)c(=O)n(C3CC3)c12. The average molecular weight is 462 g/mol. The van der Waals surface area contributed by atoms with Crippen LogP contribution in [0.2, 0.25) is 0 Å². The van der Waals surface area contributed by atoms with Crippen molar-refractivity contribution in [2.45, 2.75) is 31.3 Å². The van der Waals surface area contributed by atoms with Crippen molar-refractivity contribution in [3.05, 3.63) is 38.1 Å². The van der Waals surface area contributed by atoms with Gasteiger partial charge in [0.05, 0.1) is 9.99 Å². The summed E-state index contributed by atoms with van der Waals surface area (Å²) in [7, 11) is -6.26. The highest BCUT2D eigenvalue weighted by atomic mass is 79.9. The fourth-order valence-corrected chi connectivity index (χ4v) is 3.35. The van der Waals surface area contributed by atoms with Gasteiger partial charge >= 0.3 is 15.6 Å². The van der Waals surface area contributed by atoms with E-state index in [0.29, 0.717) is 18.9 Å². The van der Waals surface area contributed by atoms with E-state index < -0.39 is 50.0 Å². The summed E-state index contributed by atoms with van der Waals surface area (Å²) in [5.74, 6) is -4.29. The molecule has 142 valence electrons. The first kappa shape index (κ1) is 19.1. The second-order valence-corrected chi connectivity index (χ2v) is 8.06. The maximum Gasteiger partial charge on any atom is 0.534 e. The first-order chi connectivity index (χ1) is 11.9. The molecule has 0 amide bonds. The van der Waals surface area contributed by atoms with Gasteiger partial charge in [-0.3, -0.25) is 4.79 Å². The summed E-state index contributed by atoms with van der Waals surface area (Å²) in [5, 5.41) is -0.583. The molecule has 2 aromatic rings. The Hall–Kier alpha value is -1.69. The van der Waals surface area contributed by atoms with E-state index in [1.54, 1.807) is 0 Å². The lowest BCUT2D eigenvalue weighted by molar-refractivity contribution is -0.0500. The monoisotopic (exact) mass is 461 g/mol. The van der Waals surface area contributed by atoms with Crippen LogP contribution in [0.5, 0.6) is 5.75 Å². The standard InChI is InChI=1S/C14H9BrF5NO4S/c1-5-9(15)8(16)4-7-11(5)21(6-2-3-6)13(22)10(17)12(7)25-26(23,24)14(18,19)20/h4,6H,2-3H2,1H3. The van der Waals surface area contributed by atoms with Crippen molar-refractivity contribution in [3.8, 4) is 5.75 Å². The molecule has 0 aliphatic heterocycles. The minimum absolute atomic E-state index is 0.0879. The van der Waals surface area contributed by atoms with Crippen LogP contribution in [0.25, 0.3) is 10.9 Å². The summed E-state index contributed by atoms with van der Waals surface area (Å²) in [6.07, 6.45) is 1.04. The second kappa shape index (κ2) is 5.91. The third-order valence-corrected chi connectivity index (χ3v) is 5.83. The van der Waals surface area contributed by atoms with Crippen molar-refractivity contribution in [2.75, 3.05) is 0 Å². The summed E-state index contributed by atoms with van der Waals surface area (Å²) < 4.78 is 93.6. The van der Waals surface area contributed by atoms with E-state index in [2.05, 4.69) is 20.1 Å². The second-order valence-electron chi connectivity index (χ2n) is 5.73. The van der Waals surface area contributed by atoms with Gasteiger partial charge in [-0.2, -0.15) is 26.0 Å². The number of rotatable bonds is 3. The molecule has 0 spiro atoms. The molecule has 0 N–H and O–H groups in total. The van der Waals surface area contributed by atoms with Crippen LogP contribution < -0.4 is 9.74 Å². The molecule has 0 radical (unpaired) electrons. The number of pyridine rings is 1. The zero-order chi connectivity index (χ0) is 19.6. The number of hydrogen-bond acceptors (Lipinski definition) is 4. The quantitative estimate of drug-likeness (QED) is 0.394. The Morgan fingerprint density at radius 3 is 2.35 bits per heavy atom. The summed E-state index contributed by atoms with van der Waals surface area (Å²) >= 11 is 2.94. The molecule has 1 fully saturated rings. The number of aryl methyl sites for hydroxylation is 1. The number of alkyl halides is 3. The van der Waals surface area contributed by atoms with Gasteiger partial charge in [-0.05, 0) is 47.3 Å². The molecule has 0 bridgehead atoms. The Morgan fingerprint density at radius 1 is 1.27 bits per heavy atom. The Morgan fingerprint density at radius 2 is 1.85 bits per heavy atom. The summed E-state index contributed by atoms with van der Waals surface area (Å²) in [5.41, 5.74) is -7.19. The largest absolute Gasteiger partial charge is 0.534 e. The lowest BCUT2D eigenvalue weighted by atomic mass is 10.1. The third-order valence-electron chi connectivity index (χ3n) is 3.90. The Bertz CT molecular complexity index is 1090. The molecule has 1 aromatic carbocycles. The summed E-state index contributed by atoms with van der Waals surface area (Å²) in [6.45, 7) is 1.35. The van der Waals surface area contributed by atoms with Crippen LogP contribution in [0.4, 0.5) is 22.0 Å². The van der Waals surface area contributed by atoms with Gasteiger partial charge in [0.2, 0.25) is 5.82 Å². The first-order valence-corrected chi connectivity index (χ1v) is 9.30. The van der Waals surface area contributed by atoms with Gasteiger partial charge in [0, 0.05) is 11.4 Å². The highest BCUT2D eigenvalue weighted by Gasteiger charge is 2.49. The molecule has 1 aromatic heterocycles. The highest BCUT2D eigenvalue weighted by molar-refractivity contribution is 9.10. The van der Waals surface area contributed by atoms with Gasteiger partial charge in [0.15, 0.2) is 5.75 Å². The van der Waals surface area contributed by atoms with E-state index >= 15 is 0 Å². The van der Waals surface area contributed by atoms with E-state index in [1.807, 2.05) is 0 Å². The van der Waals surface area contributed by atoms with Gasteiger partial charge in [0.1, 0.15) is 5.82 Å². The molecule has 1 aliphatic rings. The predicted octanol–water partition coefficient (Wildman–Crippen LogP) is 3.91. The smallest absolute Gasteiger partial charge is 0.372 e. The van der Waals surface area contributed by atoms with Gasteiger partial charge in [0.25, 0.3) is 5.56 Å². The number of nitrogens with zero attached hydrogens (tertiary/aromatic N) is 1. The number of halogens is 6. The van der Waals surface area contributed by atoms with Crippen molar-refractivity contribution in [1.29, 1.82) is 0 Å². The molecule has 1 aliphatic carbocycles. The van der Waals surface area contributed by atoms with Gasteiger partial charge in [-0.25, -0.2) is 4.39 Å². The van der Waals surface area contributed by atoms with Crippen LogP contribution in [0.1, 0.15) is 24.4 Å². The molecule has 5 nitrogen and oxygen atoms in total. The van der Waals surface area contributed by atoms with Crippen LogP contribution in [0, 0.1) is 18.6 Å². The topological polar surface area (TPSA) is 65.4 Å². The Balaban J connectivity index is 2.43. The van der Waals surface area contributed by atoms with Crippen LogP contribution >= 0.6 is 15.9 Å². The lowest BCUT2D eigenvalue weighted by Gasteiger charge is -2.18. The van der Waals surface area contributed by atoms with Crippen LogP contribution in [-0.2, 0) is 10.1 Å². The number of fused-ring (bicyclic) bond motifs is 1. The van der Waals surface area contributed by atoms with E-state index in [9.17, 15) is 35.2 Å². The first-order valence-electron chi connectivity index (χ1n) is 7.10. The lowest BCUT2D eigenvalue weighted by Crippen LogP contribution is -2.31. The molecular formula is C14H9BrF5NO4S. The van der Waals surface area contributed by atoms with E-state index in [-0.39, 0.29) is 15.6 Å². The minimum atomic E-state index is -6.26. The van der Waals surface area contributed by atoms with E-state index in [1.165, 1.54) is 6.92 Å². The minimum Gasteiger partial charge on any atom is -0.372 e. The molecule has 1 saturated carbocycles. The summed E-state index contributed by atoms with van der Waals surface area (Å²) in [6, 6.07) is 0.207. The van der Waals surface area contributed by atoms with Crippen LogP contribution in [-0.4, -0.2) is 18.5 Å². The zero-order valence-corrected chi connectivity index (χ0v) is 15.2. The average Bonchev–Trinajstić information content (AvgIpc) is 3.34. The Kier molecular flexibility index (Phi) is 4.34. The van der Waals surface area contributed by atoms with Gasteiger partial charge in [-0.1, -0.05) is 0 Å². The highest BCUT2D eigenvalue weighted by Crippen LogP contribution is 2.42.